The first kappa shape index (κ1) is 23.5. The first-order valence-corrected chi connectivity index (χ1v) is 13.1. The molecule has 1 amide bonds. The zero-order valence-electron chi connectivity index (χ0n) is 21.1. The molecule has 7 rings (SSSR count). The van der Waals surface area contributed by atoms with Gasteiger partial charge >= 0.3 is 5.97 Å². The predicted octanol–water partition coefficient (Wildman–Crippen LogP) is 1.99. The van der Waals surface area contributed by atoms with Crippen LogP contribution in [0, 0.1) is 12.7 Å². The molecule has 0 saturated carbocycles. The zero-order chi connectivity index (χ0) is 26.5. The molecule has 10 heteroatoms. The van der Waals surface area contributed by atoms with Gasteiger partial charge in [0, 0.05) is 22.6 Å². The van der Waals surface area contributed by atoms with E-state index < -0.39 is 11.6 Å². The molecule has 3 N–H and O–H groups in total. The Kier molecular flexibility index (Phi) is 4.91. The van der Waals surface area contributed by atoms with Crippen molar-refractivity contribution in [1.29, 1.82) is 0 Å². The van der Waals surface area contributed by atoms with Crippen LogP contribution in [0.2, 0.25) is 0 Å². The summed E-state index contributed by atoms with van der Waals surface area (Å²) in [6, 6.07) is 2.51. The minimum Gasteiger partial charge on any atom is -0.458 e. The fraction of sp³-hybridized carbons (Fsp3) is 0.429. The molecule has 196 valence electrons. The Hall–Kier alpha value is -3.63. The standard InChI is InChI=1S/C28H27FN4O5/c1-3-28(37)16-8-21-24-14(10-33(21)26(35)15(16)11-38-27(28)36)23-18(32-25(34)19-6-7-30-19)5-4-13-12(2)17(29)9-20(31-24)22(13)23/h8-9,18-19,30,37H,3-7,10-11H2,1-2H3,(H,32,34)/t18-,19-,28-/m1/s1. The second-order valence-electron chi connectivity index (χ2n) is 10.7. The van der Waals surface area contributed by atoms with Gasteiger partial charge in [-0.05, 0) is 61.9 Å². The Morgan fingerprint density at radius 1 is 1.29 bits per heavy atom. The van der Waals surface area contributed by atoms with Gasteiger partial charge in [0.2, 0.25) is 5.91 Å². The quantitative estimate of drug-likeness (QED) is 0.355. The molecule has 4 aliphatic rings. The van der Waals surface area contributed by atoms with Crippen molar-refractivity contribution in [1.82, 2.24) is 20.2 Å². The highest BCUT2D eigenvalue weighted by Gasteiger charge is 2.46. The summed E-state index contributed by atoms with van der Waals surface area (Å²) in [6.07, 6.45) is 2.01. The van der Waals surface area contributed by atoms with E-state index in [9.17, 15) is 23.9 Å². The number of fused-ring (bicyclic) bond motifs is 5. The van der Waals surface area contributed by atoms with E-state index >= 15 is 0 Å². The normalized spacial score (nSPS) is 24.8. The Labute approximate surface area is 217 Å². The minimum atomic E-state index is -1.93. The maximum absolute atomic E-state index is 15.0. The van der Waals surface area contributed by atoms with E-state index in [1.165, 1.54) is 6.07 Å². The summed E-state index contributed by atoms with van der Waals surface area (Å²) in [5.41, 5.74) is 2.70. The van der Waals surface area contributed by atoms with E-state index in [1.807, 2.05) is 0 Å². The number of amides is 1. The number of cyclic esters (lactones) is 1. The summed E-state index contributed by atoms with van der Waals surface area (Å²) in [6.45, 7) is 4.22. The number of ether oxygens (including phenoxy) is 1. The van der Waals surface area contributed by atoms with Gasteiger partial charge in [0.15, 0.2) is 5.60 Å². The lowest BCUT2D eigenvalue weighted by Crippen LogP contribution is -2.54. The smallest absolute Gasteiger partial charge is 0.343 e. The van der Waals surface area contributed by atoms with E-state index in [-0.39, 0.29) is 60.1 Å². The van der Waals surface area contributed by atoms with Crippen molar-refractivity contribution in [2.45, 2.75) is 70.4 Å². The Morgan fingerprint density at radius 2 is 2.08 bits per heavy atom. The van der Waals surface area contributed by atoms with E-state index in [2.05, 4.69) is 10.6 Å². The molecule has 3 aliphatic heterocycles. The molecule has 2 aromatic heterocycles. The lowest BCUT2D eigenvalue weighted by molar-refractivity contribution is -0.172. The molecular weight excluding hydrogens is 491 g/mol. The number of hydrogen-bond acceptors (Lipinski definition) is 7. The van der Waals surface area contributed by atoms with Crippen molar-refractivity contribution < 1.29 is 23.8 Å². The molecule has 0 spiro atoms. The highest BCUT2D eigenvalue weighted by Crippen LogP contribution is 2.46. The molecule has 1 aliphatic carbocycles. The molecule has 0 bridgehead atoms. The van der Waals surface area contributed by atoms with E-state index in [1.54, 1.807) is 24.5 Å². The number of carbonyl (C=O) groups is 2. The molecule has 3 aromatic rings. The van der Waals surface area contributed by atoms with Gasteiger partial charge < -0.3 is 25.0 Å². The Bertz CT molecular complexity index is 1660. The number of pyridine rings is 2. The van der Waals surface area contributed by atoms with Crippen LogP contribution in [0.25, 0.3) is 22.3 Å². The van der Waals surface area contributed by atoms with Gasteiger partial charge in [-0.3, -0.25) is 9.59 Å². The first-order chi connectivity index (χ1) is 18.2. The van der Waals surface area contributed by atoms with Gasteiger partial charge in [0.25, 0.3) is 5.56 Å². The van der Waals surface area contributed by atoms with Gasteiger partial charge in [-0.25, -0.2) is 14.2 Å². The van der Waals surface area contributed by atoms with Gasteiger partial charge in [-0.2, -0.15) is 0 Å². The van der Waals surface area contributed by atoms with Crippen molar-refractivity contribution in [2.24, 2.45) is 0 Å². The number of rotatable bonds is 3. The van der Waals surface area contributed by atoms with Crippen LogP contribution in [-0.2, 0) is 39.5 Å². The molecular formula is C28H27FN4O5. The maximum Gasteiger partial charge on any atom is 0.343 e. The molecule has 38 heavy (non-hydrogen) atoms. The number of esters is 1. The van der Waals surface area contributed by atoms with Crippen molar-refractivity contribution in [3.63, 3.8) is 0 Å². The SMILES string of the molecule is CC[C@]1(O)C(=O)OCc2c1cc1n(c2=O)Cc2c-1nc1cc(F)c(C)c3c1c2[C@H](NC(=O)[C@H]1CCN1)CC3. The number of benzene rings is 1. The molecule has 3 atom stereocenters. The lowest BCUT2D eigenvalue weighted by atomic mass is 9.81. The number of nitrogens with zero attached hydrogens (tertiary/aromatic N) is 2. The van der Waals surface area contributed by atoms with E-state index in [0.29, 0.717) is 35.3 Å². The molecule has 0 radical (unpaired) electrons. The zero-order valence-corrected chi connectivity index (χ0v) is 21.1. The Morgan fingerprint density at radius 3 is 2.79 bits per heavy atom. The second kappa shape index (κ2) is 7.94. The third-order valence-corrected chi connectivity index (χ3v) is 8.83. The molecule has 9 nitrogen and oxygen atoms in total. The number of carbonyl (C=O) groups excluding carboxylic acids is 2. The van der Waals surface area contributed by atoms with Crippen molar-refractivity contribution in [3.05, 3.63) is 61.7 Å². The van der Waals surface area contributed by atoms with Gasteiger partial charge in [-0.1, -0.05) is 6.92 Å². The number of aromatic nitrogens is 2. The van der Waals surface area contributed by atoms with Crippen LogP contribution >= 0.6 is 0 Å². The fourth-order valence-corrected chi connectivity index (χ4v) is 6.48. The average molecular weight is 519 g/mol. The monoisotopic (exact) mass is 518 g/mol. The number of halogens is 1. The summed E-state index contributed by atoms with van der Waals surface area (Å²) in [4.78, 5) is 43.9. The minimum absolute atomic E-state index is 0.0438. The molecule has 0 unspecified atom stereocenters. The van der Waals surface area contributed by atoms with Gasteiger partial charge in [0.1, 0.15) is 12.4 Å². The number of aliphatic hydroxyl groups is 1. The topological polar surface area (TPSA) is 123 Å². The van der Waals surface area contributed by atoms with Crippen LogP contribution in [0.1, 0.15) is 65.6 Å². The Balaban J connectivity index is 1.48. The summed E-state index contributed by atoms with van der Waals surface area (Å²) in [7, 11) is 0. The second-order valence-corrected chi connectivity index (χ2v) is 10.7. The molecule has 1 fully saturated rings. The third-order valence-electron chi connectivity index (χ3n) is 8.83. The van der Waals surface area contributed by atoms with Crippen molar-refractivity contribution in [2.75, 3.05) is 6.54 Å². The largest absolute Gasteiger partial charge is 0.458 e. The summed E-state index contributed by atoms with van der Waals surface area (Å²) >= 11 is 0. The van der Waals surface area contributed by atoms with Crippen LogP contribution in [-0.4, -0.2) is 39.1 Å². The average Bonchev–Trinajstić information content (AvgIpc) is 3.23. The van der Waals surface area contributed by atoms with Crippen LogP contribution in [0.4, 0.5) is 4.39 Å². The van der Waals surface area contributed by atoms with E-state index in [0.717, 1.165) is 35.0 Å². The number of aryl methyl sites for hydroxylation is 1. The lowest BCUT2D eigenvalue weighted by Gasteiger charge is -2.33. The number of nitrogens with one attached hydrogen (secondary N) is 2. The predicted molar refractivity (Wildman–Crippen MR) is 135 cm³/mol. The molecule has 1 aromatic carbocycles. The van der Waals surface area contributed by atoms with Gasteiger partial charge in [-0.15, -0.1) is 0 Å². The molecule has 5 heterocycles. The van der Waals surface area contributed by atoms with Crippen LogP contribution in [0.15, 0.2) is 16.9 Å². The molecule has 1 saturated heterocycles. The maximum atomic E-state index is 15.0. The van der Waals surface area contributed by atoms with Crippen molar-refractivity contribution in [3.8, 4) is 11.4 Å². The van der Waals surface area contributed by atoms with Crippen LogP contribution in [0.3, 0.4) is 0 Å². The van der Waals surface area contributed by atoms with Crippen LogP contribution in [0.5, 0.6) is 0 Å². The van der Waals surface area contributed by atoms with Crippen molar-refractivity contribution >= 4 is 22.8 Å². The van der Waals surface area contributed by atoms with Gasteiger partial charge in [0.05, 0.1) is 41.1 Å². The third kappa shape index (κ3) is 2.98. The number of hydrogen-bond donors (Lipinski definition) is 3. The fourth-order valence-electron chi connectivity index (χ4n) is 6.48. The summed E-state index contributed by atoms with van der Waals surface area (Å²) < 4.78 is 21.7. The summed E-state index contributed by atoms with van der Waals surface area (Å²) in [5, 5.41) is 18.3. The highest BCUT2D eigenvalue weighted by atomic mass is 19.1. The highest BCUT2D eigenvalue weighted by molar-refractivity contribution is 5.94. The first-order valence-electron chi connectivity index (χ1n) is 13.1. The summed E-state index contributed by atoms with van der Waals surface area (Å²) in [5.74, 6) is -1.21. The van der Waals surface area contributed by atoms with Crippen LogP contribution < -0.4 is 16.2 Å². The van der Waals surface area contributed by atoms with E-state index in [4.69, 9.17) is 9.72 Å².